The van der Waals surface area contributed by atoms with Gasteiger partial charge >= 0.3 is 6.18 Å². The van der Waals surface area contributed by atoms with E-state index in [2.05, 4.69) is 17.1 Å². The molecular formula is C18H24F3N3O2. The predicted octanol–water partition coefficient (Wildman–Crippen LogP) is 2.83. The van der Waals surface area contributed by atoms with Crippen LogP contribution in [0.15, 0.2) is 24.3 Å². The topological polar surface area (TPSA) is 52.7 Å². The molecule has 0 aliphatic carbocycles. The van der Waals surface area contributed by atoms with E-state index in [1.807, 2.05) is 0 Å². The van der Waals surface area contributed by atoms with Gasteiger partial charge in [0.05, 0.1) is 5.56 Å². The third-order valence-electron chi connectivity index (χ3n) is 4.68. The highest BCUT2D eigenvalue weighted by Crippen LogP contribution is 2.30. The summed E-state index contributed by atoms with van der Waals surface area (Å²) >= 11 is 0. The van der Waals surface area contributed by atoms with E-state index in [1.165, 1.54) is 26.0 Å². The molecule has 1 saturated heterocycles. The van der Waals surface area contributed by atoms with Gasteiger partial charge in [0.2, 0.25) is 11.8 Å². The molecule has 0 saturated carbocycles. The Kier molecular flexibility index (Phi) is 5.95. The van der Waals surface area contributed by atoms with Gasteiger partial charge < -0.3 is 15.1 Å². The Morgan fingerprint density at radius 2 is 1.58 bits per heavy atom. The van der Waals surface area contributed by atoms with E-state index >= 15 is 0 Å². The molecule has 1 aliphatic heterocycles. The van der Waals surface area contributed by atoms with Crippen LogP contribution in [0.1, 0.15) is 26.3 Å². The number of carbonyl (C=O) groups excluding carboxylic acids is 2. The van der Waals surface area contributed by atoms with Crippen LogP contribution in [0.5, 0.6) is 0 Å². The van der Waals surface area contributed by atoms with Crippen molar-refractivity contribution < 1.29 is 22.8 Å². The minimum absolute atomic E-state index is 0.222. The van der Waals surface area contributed by atoms with Crippen LogP contribution in [0.25, 0.3) is 0 Å². The number of nitrogens with zero attached hydrogens (tertiary/aromatic N) is 2. The first-order valence-electron chi connectivity index (χ1n) is 8.56. The molecule has 1 aromatic carbocycles. The minimum Gasteiger partial charge on any atom is -0.339 e. The lowest BCUT2D eigenvalue weighted by molar-refractivity contribution is -0.147. The largest absolute Gasteiger partial charge is 0.416 e. The third kappa shape index (κ3) is 4.55. The predicted molar refractivity (Wildman–Crippen MR) is 92.5 cm³/mol. The highest BCUT2D eigenvalue weighted by molar-refractivity contribution is 6.09. The number of likely N-dealkylation sites (N-methyl/N-ethyl adjacent to an activating group) is 1. The normalized spacial score (nSPS) is 16.5. The number of amides is 2. The third-order valence-corrected chi connectivity index (χ3v) is 4.68. The molecule has 0 aromatic heterocycles. The Labute approximate surface area is 151 Å². The van der Waals surface area contributed by atoms with Gasteiger partial charge in [-0.15, -0.1) is 0 Å². The second-order valence-corrected chi connectivity index (χ2v) is 6.88. The Morgan fingerprint density at radius 3 is 2.04 bits per heavy atom. The molecular weight excluding hydrogens is 347 g/mol. The number of rotatable bonds is 4. The van der Waals surface area contributed by atoms with Crippen LogP contribution in [0.2, 0.25) is 0 Å². The van der Waals surface area contributed by atoms with Gasteiger partial charge in [-0.3, -0.25) is 9.59 Å². The molecule has 0 radical (unpaired) electrons. The van der Waals surface area contributed by atoms with Crippen molar-refractivity contribution in [2.45, 2.75) is 26.9 Å². The maximum Gasteiger partial charge on any atom is 0.416 e. The van der Waals surface area contributed by atoms with E-state index in [4.69, 9.17) is 0 Å². The van der Waals surface area contributed by atoms with Crippen molar-refractivity contribution in [1.29, 1.82) is 0 Å². The molecule has 1 fully saturated rings. The number of hydrogen-bond donors (Lipinski definition) is 1. The van der Waals surface area contributed by atoms with Gasteiger partial charge in [0.25, 0.3) is 0 Å². The molecule has 2 rings (SSSR count). The number of carbonyl (C=O) groups is 2. The maximum atomic E-state index is 12.7. The quantitative estimate of drug-likeness (QED) is 0.828. The molecule has 2 amide bonds. The lowest BCUT2D eigenvalue weighted by Gasteiger charge is -2.37. The number of alkyl halides is 3. The van der Waals surface area contributed by atoms with E-state index in [0.717, 1.165) is 31.8 Å². The molecule has 0 unspecified atom stereocenters. The van der Waals surface area contributed by atoms with Gasteiger partial charge in [-0.1, -0.05) is 6.92 Å². The molecule has 1 N–H and O–H groups in total. The number of halogens is 3. The standard InChI is InChI=1S/C18H24F3N3O2/c1-4-23-9-11-24(12-10-23)16(26)17(2,3)15(25)22-14-7-5-13(6-8-14)18(19,20)21/h5-8H,4,9-12H2,1-3H3,(H,22,25). The molecule has 1 aromatic rings. The van der Waals surface area contributed by atoms with Gasteiger partial charge in [0.15, 0.2) is 0 Å². The fraction of sp³-hybridized carbons (Fsp3) is 0.556. The summed E-state index contributed by atoms with van der Waals surface area (Å²) in [6, 6.07) is 4.16. The summed E-state index contributed by atoms with van der Waals surface area (Å²) in [6.07, 6.45) is -4.43. The molecule has 144 valence electrons. The van der Waals surface area contributed by atoms with E-state index in [-0.39, 0.29) is 11.6 Å². The van der Waals surface area contributed by atoms with Crippen LogP contribution in [-0.4, -0.2) is 54.3 Å². The van der Waals surface area contributed by atoms with Gasteiger partial charge in [-0.05, 0) is 44.7 Å². The smallest absolute Gasteiger partial charge is 0.339 e. The van der Waals surface area contributed by atoms with Crippen molar-refractivity contribution in [3.8, 4) is 0 Å². The Hall–Kier alpha value is -2.09. The van der Waals surface area contributed by atoms with Crippen molar-refractivity contribution in [3.63, 3.8) is 0 Å². The molecule has 0 spiro atoms. The summed E-state index contributed by atoms with van der Waals surface area (Å²) in [5.74, 6) is -0.821. The van der Waals surface area contributed by atoms with Crippen LogP contribution >= 0.6 is 0 Å². The van der Waals surface area contributed by atoms with E-state index in [1.54, 1.807) is 4.90 Å². The molecule has 0 bridgehead atoms. The summed E-state index contributed by atoms with van der Waals surface area (Å²) in [7, 11) is 0. The summed E-state index contributed by atoms with van der Waals surface area (Å²) in [4.78, 5) is 29.1. The fourth-order valence-electron chi connectivity index (χ4n) is 2.79. The lowest BCUT2D eigenvalue weighted by Crippen LogP contribution is -2.54. The summed E-state index contributed by atoms with van der Waals surface area (Å²) in [5.41, 5.74) is -1.88. The SMILES string of the molecule is CCN1CCN(C(=O)C(C)(C)C(=O)Nc2ccc(C(F)(F)F)cc2)CC1. The number of hydrogen-bond acceptors (Lipinski definition) is 3. The van der Waals surface area contributed by atoms with Gasteiger partial charge in [-0.25, -0.2) is 0 Å². The number of nitrogens with one attached hydrogen (secondary N) is 1. The lowest BCUT2D eigenvalue weighted by atomic mass is 9.89. The fourth-order valence-corrected chi connectivity index (χ4v) is 2.79. The average molecular weight is 371 g/mol. The number of benzene rings is 1. The summed E-state index contributed by atoms with van der Waals surface area (Å²) in [5, 5.41) is 2.54. The van der Waals surface area contributed by atoms with E-state index in [9.17, 15) is 22.8 Å². The zero-order chi connectivity index (χ0) is 19.5. The zero-order valence-corrected chi connectivity index (χ0v) is 15.2. The number of anilines is 1. The van der Waals surface area contributed by atoms with Crippen molar-refractivity contribution >= 4 is 17.5 Å². The highest BCUT2D eigenvalue weighted by Gasteiger charge is 2.40. The van der Waals surface area contributed by atoms with E-state index in [0.29, 0.717) is 13.1 Å². The van der Waals surface area contributed by atoms with Crippen LogP contribution in [-0.2, 0) is 15.8 Å². The molecule has 1 aliphatic rings. The monoisotopic (exact) mass is 371 g/mol. The minimum atomic E-state index is -4.43. The van der Waals surface area contributed by atoms with Crippen molar-refractivity contribution in [2.24, 2.45) is 5.41 Å². The average Bonchev–Trinajstić information content (AvgIpc) is 2.60. The van der Waals surface area contributed by atoms with E-state index < -0.39 is 23.1 Å². The number of piperazine rings is 1. The van der Waals surface area contributed by atoms with Crippen LogP contribution < -0.4 is 5.32 Å². The molecule has 5 nitrogen and oxygen atoms in total. The van der Waals surface area contributed by atoms with Crippen LogP contribution in [0, 0.1) is 5.41 Å². The summed E-state index contributed by atoms with van der Waals surface area (Å²) in [6.45, 7) is 8.67. The van der Waals surface area contributed by atoms with Crippen LogP contribution in [0.3, 0.4) is 0 Å². The van der Waals surface area contributed by atoms with Crippen molar-refractivity contribution in [3.05, 3.63) is 29.8 Å². The molecule has 26 heavy (non-hydrogen) atoms. The summed E-state index contributed by atoms with van der Waals surface area (Å²) < 4.78 is 37.8. The Morgan fingerprint density at radius 1 is 1.04 bits per heavy atom. The van der Waals surface area contributed by atoms with Crippen molar-refractivity contribution in [2.75, 3.05) is 38.0 Å². The molecule has 1 heterocycles. The van der Waals surface area contributed by atoms with Crippen LogP contribution in [0.4, 0.5) is 18.9 Å². The first kappa shape index (κ1) is 20.2. The second kappa shape index (κ2) is 7.65. The molecule has 0 atom stereocenters. The highest BCUT2D eigenvalue weighted by atomic mass is 19.4. The molecule has 8 heteroatoms. The first-order valence-corrected chi connectivity index (χ1v) is 8.56. The van der Waals surface area contributed by atoms with Gasteiger partial charge in [-0.2, -0.15) is 13.2 Å². The van der Waals surface area contributed by atoms with Crippen molar-refractivity contribution in [1.82, 2.24) is 9.80 Å². The zero-order valence-electron chi connectivity index (χ0n) is 15.2. The Bertz CT molecular complexity index is 649. The maximum absolute atomic E-state index is 12.7. The van der Waals surface area contributed by atoms with Gasteiger partial charge in [0.1, 0.15) is 5.41 Å². The second-order valence-electron chi connectivity index (χ2n) is 6.88. The van der Waals surface area contributed by atoms with Gasteiger partial charge in [0, 0.05) is 31.9 Å². The Balaban J connectivity index is 2.02. The first-order chi connectivity index (χ1) is 12.1.